The Kier molecular flexibility index (Phi) is 5.58. The first-order valence-corrected chi connectivity index (χ1v) is 11.5. The molecule has 8 atom stereocenters. The molecule has 1 unspecified atom stereocenters. The first kappa shape index (κ1) is 20.6. The van der Waals surface area contributed by atoms with E-state index in [0.717, 1.165) is 44.9 Å². The van der Waals surface area contributed by atoms with Crippen LogP contribution in [0, 0.1) is 34.5 Å². The van der Waals surface area contributed by atoms with E-state index in [1.165, 1.54) is 17.7 Å². The van der Waals surface area contributed by atoms with Gasteiger partial charge in [0, 0.05) is 18.2 Å². The molecule has 0 aromatic rings. The molecule has 4 rings (SSSR count). The van der Waals surface area contributed by atoms with Gasteiger partial charge in [-0.05, 0) is 85.5 Å². The van der Waals surface area contributed by atoms with E-state index in [9.17, 15) is 10.2 Å². The first-order valence-electron chi connectivity index (χ1n) is 11.5. The third-order valence-electron chi connectivity index (χ3n) is 9.32. The Bertz CT molecular complexity index is 623. The van der Waals surface area contributed by atoms with Gasteiger partial charge in [0.2, 0.25) is 0 Å². The summed E-state index contributed by atoms with van der Waals surface area (Å²) in [5.41, 5.74) is 11.5. The fourth-order valence-electron chi connectivity index (χ4n) is 7.95. The lowest BCUT2D eigenvalue weighted by atomic mass is 9.44. The summed E-state index contributed by atoms with van der Waals surface area (Å²) in [6, 6.07) is 0. The topological polar surface area (TPSA) is 87.7 Å². The van der Waals surface area contributed by atoms with Crippen molar-refractivity contribution < 1.29 is 15.1 Å². The molecule has 0 aromatic heterocycles. The smallest absolute Gasteiger partial charge is 0.0868 e. The summed E-state index contributed by atoms with van der Waals surface area (Å²) in [6.07, 6.45) is 7.85. The van der Waals surface area contributed by atoms with Gasteiger partial charge in [0.05, 0.1) is 18.8 Å². The van der Waals surface area contributed by atoms with Crippen LogP contribution in [0.5, 0.6) is 0 Å². The quantitative estimate of drug-likeness (QED) is 0.426. The van der Waals surface area contributed by atoms with Crippen LogP contribution >= 0.6 is 0 Å². The molecule has 3 fully saturated rings. The molecule has 4 aliphatic rings. The Morgan fingerprint density at radius 2 is 1.86 bits per heavy atom. The Balaban J connectivity index is 1.63. The van der Waals surface area contributed by atoms with E-state index in [-0.39, 0.29) is 29.0 Å². The van der Waals surface area contributed by atoms with Crippen LogP contribution in [-0.4, -0.2) is 35.6 Å². The van der Waals surface area contributed by atoms with Crippen molar-refractivity contribution in [3.05, 3.63) is 11.3 Å². The molecule has 0 spiro atoms. The molecule has 3 saturated carbocycles. The number of nitrogens with one attached hydrogen (secondary N) is 1. The minimum absolute atomic E-state index is 0.0605. The zero-order chi connectivity index (χ0) is 20.1. The molecule has 5 heteroatoms. The third-order valence-corrected chi connectivity index (χ3v) is 9.32. The van der Waals surface area contributed by atoms with Crippen LogP contribution in [0.15, 0.2) is 11.3 Å². The molecule has 28 heavy (non-hydrogen) atoms. The van der Waals surface area contributed by atoms with Crippen LogP contribution in [-0.2, 0) is 4.84 Å². The summed E-state index contributed by atoms with van der Waals surface area (Å²) in [5, 5.41) is 22.0. The second-order valence-corrected chi connectivity index (χ2v) is 10.4. The molecule has 4 aliphatic carbocycles. The summed E-state index contributed by atoms with van der Waals surface area (Å²) >= 11 is 0. The van der Waals surface area contributed by atoms with Crippen LogP contribution in [0.4, 0.5) is 0 Å². The molecular formula is C23H40N2O3. The maximum Gasteiger partial charge on any atom is 0.0868 e. The van der Waals surface area contributed by atoms with Gasteiger partial charge in [-0.1, -0.05) is 20.8 Å². The first-order chi connectivity index (χ1) is 13.4. The molecule has 5 nitrogen and oxygen atoms in total. The SMILES string of the molecule is CCC1=C(NOCCN)CC[C@@]2(C)C1[C@H](O)C[C@H]1[C@@H]3CC[C@H](O)[C@@]3(C)CC[C@@H]12. The van der Waals surface area contributed by atoms with Gasteiger partial charge in [0.15, 0.2) is 0 Å². The molecule has 5 N–H and O–H groups in total. The largest absolute Gasteiger partial charge is 0.393 e. The molecule has 0 aromatic carbocycles. The number of aliphatic hydroxyl groups excluding tert-OH is 2. The molecule has 160 valence electrons. The highest BCUT2D eigenvalue weighted by atomic mass is 16.6. The second kappa shape index (κ2) is 7.57. The molecule has 0 saturated heterocycles. The Morgan fingerprint density at radius 1 is 1.11 bits per heavy atom. The monoisotopic (exact) mass is 392 g/mol. The average Bonchev–Trinajstić information content (AvgIpc) is 2.97. The minimum Gasteiger partial charge on any atom is -0.393 e. The van der Waals surface area contributed by atoms with Crippen molar-refractivity contribution in [3.8, 4) is 0 Å². The van der Waals surface area contributed by atoms with E-state index >= 15 is 0 Å². The second-order valence-electron chi connectivity index (χ2n) is 10.4. The van der Waals surface area contributed by atoms with Gasteiger partial charge in [-0.15, -0.1) is 0 Å². The lowest BCUT2D eigenvalue weighted by Gasteiger charge is -2.61. The van der Waals surface area contributed by atoms with Gasteiger partial charge in [-0.25, -0.2) is 0 Å². The number of allylic oxidation sites excluding steroid dienone is 1. The highest BCUT2D eigenvalue weighted by Crippen LogP contribution is 2.66. The van der Waals surface area contributed by atoms with Gasteiger partial charge in [0.25, 0.3) is 0 Å². The van der Waals surface area contributed by atoms with Crippen molar-refractivity contribution in [2.24, 2.45) is 40.2 Å². The summed E-state index contributed by atoms with van der Waals surface area (Å²) in [7, 11) is 0. The van der Waals surface area contributed by atoms with Crippen LogP contribution in [0.25, 0.3) is 0 Å². The Morgan fingerprint density at radius 3 is 2.57 bits per heavy atom. The molecular weight excluding hydrogens is 352 g/mol. The highest BCUT2D eigenvalue weighted by Gasteiger charge is 2.62. The maximum atomic E-state index is 11.4. The number of fused-ring (bicyclic) bond motifs is 5. The van der Waals surface area contributed by atoms with Crippen LogP contribution in [0.1, 0.15) is 72.1 Å². The average molecular weight is 393 g/mol. The van der Waals surface area contributed by atoms with Crippen molar-refractivity contribution >= 4 is 0 Å². The Labute approximate surface area is 170 Å². The van der Waals surface area contributed by atoms with Crippen molar-refractivity contribution in [2.75, 3.05) is 13.2 Å². The summed E-state index contributed by atoms with van der Waals surface area (Å²) in [4.78, 5) is 5.55. The van der Waals surface area contributed by atoms with E-state index in [0.29, 0.717) is 30.9 Å². The van der Waals surface area contributed by atoms with E-state index in [1.807, 2.05) is 0 Å². The zero-order valence-electron chi connectivity index (χ0n) is 17.9. The van der Waals surface area contributed by atoms with Crippen molar-refractivity contribution in [1.82, 2.24) is 5.48 Å². The highest BCUT2D eigenvalue weighted by molar-refractivity contribution is 5.26. The standard InChI is InChI=1S/C23H40N2O3/c1-4-14-18(25-28-12-11-24)8-10-23(3)17-7-9-22(2)16(5-6-20(22)27)15(17)13-19(26)21(14)23/h15-17,19-21,25-27H,4-13,24H2,1-3H3/t15-,16-,17-,19+,20-,21?,22-,23+/m0/s1. The van der Waals surface area contributed by atoms with E-state index in [2.05, 4.69) is 26.3 Å². The fourth-order valence-corrected chi connectivity index (χ4v) is 7.95. The lowest BCUT2D eigenvalue weighted by Crippen LogP contribution is -2.58. The number of hydrogen-bond donors (Lipinski definition) is 4. The van der Waals surface area contributed by atoms with Crippen molar-refractivity contribution in [2.45, 2.75) is 84.3 Å². The van der Waals surface area contributed by atoms with Crippen LogP contribution in [0.2, 0.25) is 0 Å². The molecule has 0 aliphatic heterocycles. The van der Waals surface area contributed by atoms with E-state index < -0.39 is 0 Å². The van der Waals surface area contributed by atoms with Crippen LogP contribution < -0.4 is 11.2 Å². The number of rotatable bonds is 5. The summed E-state index contributed by atoms with van der Waals surface area (Å²) in [5.74, 6) is 1.98. The minimum atomic E-state index is -0.298. The normalized spacial score (nSPS) is 48.1. The summed E-state index contributed by atoms with van der Waals surface area (Å²) in [6.45, 7) is 7.95. The molecule has 0 heterocycles. The number of aliphatic hydroxyl groups is 2. The molecule has 0 amide bonds. The lowest BCUT2D eigenvalue weighted by molar-refractivity contribution is -0.147. The van der Waals surface area contributed by atoms with Gasteiger partial charge in [-0.2, -0.15) is 0 Å². The van der Waals surface area contributed by atoms with Crippen molar-refractivity contribution in [1.29, 1.82) is 0 Å². The fraction of sp³-hybridized carbons (Fsp3) is 0.913. The van der Waals surface area contributed by atoms with Crippen LogP contribution in [0.3, 0.4) is 0 Å². The number of hydrogen-bond acceptors (Lipinski definition) is 5. The summed E-state index contributed by atoms with van der Waals surface area (Å²) < 4.78 is 0. The van der Waals surface area contributed by atoms with E-state index in [4.69, 9.17) is 10.6 Å². The number of nitrogens with two attached hydrogens (primary N) is 1. The molecule has 0 bridgehead atoms. The van der Waals surface area contributed by atoms with Gasteiger partial charge in [0.1, 0.15) is 0 Å². The van der Waals surface area contributed by atoms with E-state index in [1.54, 1.807) is 0 Å². The third kappa shape index (κ3) is 2.96. The predicted molar refractivity (Wildman–Crippen MR) is 110 cm³/mol. The van der Waals surface area contributed by atoms with Gasteiger partial charge < -0.3 is 15.9 Å². The van der Waals surface area contributed by atoms with Gasteiger partial charge >= 0.3 is 0 Å². The number of hydroxylamine groups is 1. The molecule has 0 radical (unpaired) electrons. The van der Waals surface area contributed by atoms with Gasteiger partial charge in [-0.3, -0.25) is 10.3 Å². The maximum absolute atomic E-state index is 11.4. The predicted octanol–water partition coefficient (Wildman–Crippen LogP) is 3.11. The van der Waals surface area contributed by atoms with Crippen molar-refractivity contribution in [3.63, 3.8) is 0 Å². The zero-order valence-corrected chi connectivity index (χ0v) is 17.9. The Hall–Kier alpha value is -0.620.